The van der Waals surface area contributed by atoms with E-state index in [-0.39, 0.29) is 6.61 Å². The zero-order chi connectivity index (χ0) is 14.6. The van der Waals surface area contributed by atoms with Crippen LogP contribution < -0.4 is 5.32 Å². The summed E-state index contributed by atoms with van der Waals surface area (Å²) in [6.45, 7) is -0.208. The van der Waals surface area contributed by atoms with E-state index in [0.29, 0.717) is 5.69 Å². The van der Waals surface area contributed by atoms with E-state index in [9.17, 15) is 18.3 Å². The Kier molecular flexibility index (Phi) is 4.29. The Bertz CT molecular complexity index is 555. The van der Waals surface area contributed by atoms with Crippen molar-refractivity contribution >= 4 is 5.69 Å². The van der Waals surface area contributed by atoms with E-state index in [2.05, 4.69) is 5.32 Å². The van der Waals surface area contributed by atoms with Crippen molar-refractivity contribution in [1.29, 1.82) is 0 Å². The molecule has 0 saturated carbocycles. The SMILES string of the molecule is OCC(Nc1cccc(C(F)(F)F)c1)c1ccccc1. The summed E-state index contributed by atoms with van der Waals surface area (Å²) in [6, 6.07) is 13.6. The molecule has 0 aliphatic carbocycles. The Balaban J connectivity index is 2.20. The molecule has 2 N–H and O–H groups in total. The highest BCUT2D eigenvalue weighted by Gasteiger charge is 2.30. The third kappa shape index (κ3) is 3.51. The van der Waals surface area contributed by atoms with Crippen LogP contribution in [0.5, 0.6) is 0 Å². The summed E-state index contributed by atoms with van der Waals surface area (Å²) in [4.78, 5) is 0. The highest BCUT2D eigenvalue weighted by molar-refractivity contribution is 5.48. The lowest BCUT2D eigenvalue weighted by Crippen LogP contribution is -2.15. The molecule has 0 aliphatic rings. The molecule has 2 nitrogen and oxygen atoms in total. The van der Waals surface area contributed by atoms with Gasteiger partial charge in [0.05, 0.1) is 18.2 Å². The first-order valence-corrected chi connectivity index (χ1v) is 6.10. The van der Waals surface area contributed by atoms with Crippen molar-refractivity contribution in [2.45, 2.75) is 12.2 Å². The minimum absolute atomic E-state index is 0.208. The highest BCUT2D eigenvalue weighted by atomic mass is 19.4. The first-order chi connectivity index (χ1) is 9.50. The number of aliphatic hydroxyl groups excluding tert-OH is 1. The Hall–Kier alpha value is -2.01. The molecule has 0 aliphatic heterocycles. The molecule has 0 aromatic heterocycles. The Morgan fingerprint density at radius 2 is 1.70 bits per heavy atom. The van der Waals surface area contributed by atoms with Crippen molar-refractivity contribution in [3.8, 4) is 0 Å². The Morgan fingerprint density at radius 1 is 1.00 bits per heavy atom. The van der Waals surface area contributed by atoms with Crippen LogP contribution >= 0.6 is 0 Å². The van der Waals surface area contributed by atoms with Gasteiger partial charge in [0, 0.05) is 5.69 Å². The third-order valence-corrected chi connectivity index (χ3v) is 2.92. The number of aliphatic hydroxyl groups is 1. The van der Waals surface area contributed by atoms with Crippen LogP contribution in [0.3, 0.4) is 0 Å². The first kappa shape index (κ1) is 14.4. The maximum atomic E-state index is 12.6. The van der Waals surface area contributed by atoms with Gasteiger partial charge in [0.25, 0.3) is 0 Å². The van der Waals surface area contributed by atoms with Gasteiger partial charge in [0.15, 0.2) is 0 Å². The van der Waals surface area contributed by atoms with E-state index in [1.165, 1.54) is 6.07 Å². The second kappa shape index (κ2) is 5.96. The highest BCUT2D eigenvalue weighted by Crippen LogP contribution is 2.31. The normalized spacial score (nSPS) is 13.0. The minimum atomic E-state index is -4.38. The van der Waals surface area contributed by atoms with Gasteiger partial charge < -0.3 is 10.4 Å². The van der Waals surface area contributed by atoms with Crippen LogP contribution in [0.2, 0.25) is 0 Å². The van der Waals surface area contributed by atoms with Crippen molar-refractivity contribution < 1.29 is 18.3 Å². The summed E-state index contributed by atoms with van der Waals surface area (Å²) in [7, 11) is 0. The zero-order valence-corrected chi connectivity index (χ0v) is 10.6. The van der Waals surface area contributed by atoms with Gasteiger partial charge in [-0.05, 0) is 23.8 Å². The molecule has 0 amide bonds. The van der Waals surface area contributed by atoms with Crippen molar-refractivity contribution in [3.63, 3.8) is 0 Å². The predicted molar refractivity (Wildman–Crippen MR) is 71.3 cm³/mol. The summed E-state index contributed by atoms with van der Waals surface area (Å²) in [5.41, 5.74) is 0.419. The van der Waals surface area contributed by atoms with E-state index < -0.39 is 17.8 Å². The van der Waals surface area contributed by atoms with E-state index in [1.54, 1.807) is 6.07 Å². The number of hydrogen-bond acceptors (Lipinski definition) is 2. The summed E-state index contributed by atoms with van der Waals surface area (Å²) in [5, 5.41) is 12.3. The number of anilines is 1. The van der Waals surface area contributed by atoms with Crippen LogP contribution in [0.15, 0.2) is 54.6 Å². The molecule has 1 unspecified atom stereocenters. The van der Waals surface area contributed by atoms with Gasteiger partial charge in [0.2, 0.25) is 0 Å². The van der Waals surface area contributed by atoms with Gasteiger partial charge in [-0.1, -0.05) is 36.4 Å². The summed E-state index contributed by atoms with van der Waals surface area (Å²) < 4.78 is 37.9. The monoisotopic (exact) mass is 281 g/mol. The van der Waals surface area contributed by atoms with Gasteiger partial charge in [-0.3, -0.25) is 0 Å². The van der Waals surface area contributed by atoms with Gasteiger partial charge in [-0.25, -0.2) is 0 Å². The number of hydrogen-bond donors (Lipinski definition) is 2. The molecule has 5 heteroatoms. The van der Waals surface area contributed by atoms with Crippen molar-refractivity contribution in [1.82, 2.24) is 0 Å². The largest absolute Gasteiger partial charge is 0.416 e. The van der Waals surface area contributed by atoms with Crippen molar-refractivity contribution in [2.75, 3.05) is 11.9 Å². The molecule has 0 radical (unpaired) electrons. The molecule has 2 rings (SSSR count). The summed E-state index contributed by atoms with van der Waals surface area (Å²) in [5.74, 6) is 0. The second-order valence-electron chi connectivity index (χ2n) is 4.37. The van der Waals surface area contributed by atoms with E-state index in [4.69, 9.17) is 0 Å². The van der Waals surface area contributed by atoms with Gasteiger partial charge in [0.1, 0.15) is 0 Å². The fourth-order valence-corrected chi connectivity index (χ4v) is 1.91. The predicted octanol–water partition coefficient (Wildman–Crippen LogP) is 3.85. The molecule has 106 valence electrons. The van der Waals surface area contributed by atoms with Crippen molar-refractivity contribution in [2.24, 2.45) is 0 Å². The Morgan fingerprint density at radius 3 is 2.30 bits per heavy atom. The van der Waals surface area contributed by atoms with Crippen LogP contribution in [0.4, 0.5) is 18.9 Å². The quantitative estimate of drug-likeness (QED) is 0.892. The van der Waals surface area contributed by atoms with Gasteiger partial charge >= 0.3 is 6.18 Å². The average Bonchev–Trinajstić information content (AvgIpc) is 2.45. The van der Waals surface area contributed by atoms with E-state index >= 15 is 0 Å². The molecule has 0 saturated heterocycles. The average molecular weight is 281 g/mol. The van der Waals surface area contributed by atoms with E-state index in [0.717, 1.165) is 17.7 Å². The standard InChI is InChI=1S/C15H14F3NO/c16-15(17,18)12-7-4-8-13(9-12)19-14(10-20)11-5-2-1-3-6-11/h1-9,14,19-20H,10H2. The fourth-order valence-electron chi connectivity index (χ4n) is 1.91. The molecule has 0 bridgehead atoms. The molecular formula is C15H14F3NO. The molecule has 1 atom stereocenters. The van der Waals surface area contributed by atoms with E-state index in [1.807, 2.05) is 30.3 Å². The molecule has 20 heavy (non-hydrogen) atoms. The number of nitrogens with one attached hydrogen (secondary N) is 1. The van der Waals surface area contributed by atoms with Crippen molar-refractivity contribution in [3.05, 3.63) is 65.7 Å². The maximum Gasteiger partial charge on any atom is 0.416 e. The minimum Gasteiger partial charge on any atom is -0.394 e. The molecule has 2 aromatic carbocycles. The lowest BCUT2D eigenvalue weighted by molar-refractivity contribution is -0.137. The van der Waals surface area contributed by atoms with Crippen LogP contribution in [0.25, 0.3) is 0 Å². The summed E-state index contributed by atoms with van der Waals surface area (Å²) in [6.07, 6.45) is -4.38. The van der Waals surface area contributed by atoms with Crippen LogP contribution in [0, 0.1) is 0 Å². The number of rotatable bonds is 4. The number of benzene rings is 2. The topological polar surface area (TPSA) is 32.3 Å². The summed E-state index contributed by atoms with van der Waals surface area (Å²) >= 11 is 0. The fraction of sp³-hybridized carbons (Fsp3) is 0.200. The smallest absolute Gasteiger partial charge is 0.394 e. The zero-order valence-electron chi connectivity index (χ0n) is 10.6. The first-order valence-electron chi connectivity index (χ1n) is 6.10. The molecule has 2 aromatic rings. The lowest BCUT2D eigenvalue weighted by atomic mass is 10.1. The van der Waals surface area contributed by atoms with Crippen LogP contribution in [-0.4, -0.2) is 11.7 Å². The third-order valence-electron chi connectivity index (χ3n) is 2.92. The second-order valence-corrected chi connectivity index (χ2v) is 4.37. The van der Waals surface area contributed by atoms with Gasteiger partial charge in [-0.15, -0.1) is 0 Å². The maximum absolute atomic E-state index is 12.6. The van der Waals surface area contributed by atoms with Crippen LogP contribution in [-0.2, 0) is 6.18 Å². The Labute approximate surface area is 114 Å². The number of halogens is 3. The number of alkyl halides is 3. The molecule has 0 heterocycles. The molecule has 0 fully saturated rings. The molecule has 0 spiro atoms. The lowest BCUT2D eigenvalue weighted by Gasteiger charge is -2.19. The van der Waals surface area contributed by atoms with Crippen LogP contribution in [0.1, 0.15) is 17.2 Å². The molecular weight excluding hydrogens is 267 g/mol. The van der Waals surface area contributed by atoms with Gasteiger partial charge in [-0.2, -0.15) is 13.2 Å².